The molecule has 0 saturated carbocycles. The van der Waals surface area contributed by atoms with E-state index in [9.17, 15) is 10.5 Å². The number of pyridine rings is 1. The molecule has 4 heterocycles. The predicted molar refractivity (Wildman–Crippen MR) is 115 cm³/mol. The molecule has 1 saturated heterocycles. The van der Waals surface area contributed by atoms with E-state index in [0.717, 1.165) is 47.0 Å². The molecule has 0 amide bonds. The lowest BCUT2D eigenvalue weighted by molar-refractivity contribution is 0.341. The Balaban J connectivity index is 1.59. The van der Waals surface area contributed by atoms with Gasteiger partial charge in [0.2, 0.25) is 0 Å². The highest BCUT2D eigenvalue weighted by molar-refractivity contribution is 7.99. The lowest BCUT2D eigenvalue weighted by Gasteiger charge is -2.22. The van der Waals surface area contributed by atoms with E-state index in [1.165, 1.54) is 11.8 Å². The van der Waals surface area contributed by atoms with Crippen LogP contribution in [0.5, 0.6) is 0 Å². The molecule has 0 spiro atoms. The number of rotatable bonds is 4. The maximum absolute atomic E-state index is 9.55. The number of benzene rings is 1. The Kier molecular flexibility index (Phi) is 5.13. The molecule has 5 rings (SSSR count). The molecule has 152 valence electrons. The van der Waals surface area contributed by atoms with E-state index in [4.69, 9.17) is 0 Å². The van der Waals surface area contributed by atoms with Gasteiger partial charge in [0.15, 0.2) is 0 Å². The zero-order valence-electron chi connectivity index (χ0n) is 16.6. The Bertz CT molecular complexity index is 1330. The number of piperidine rings is 1. The average Bonchev–Trinajstić information content (AvgIpc) is 3.47. The molecule has 4 aromatic rings. The van der Waals surface area contributed by atoms with Gasteiger partial charge in [-0.3, -0.25) is 0 Å². The van der Waals surface area contributed by atoms with Gasteiger partial charge in [-0.05, 0) is 37.6 Å². The maximum Gasteiger partial charge on any atom is 0.114 e. The summed E-state index contributed by atoms with van der Waals surface area (Å²) in [6.07, 6.45) is 7.58. The summed E-state index contributed by atoms with van der Waals surface area (Å²) < 4.78 is 3.62. The maximum atomic E-state index is 9.55. The van der Waals surface area contributed by atoms with Crippen molar-refractivity contribution in [2.24, 2.45) is 0 Å². The number of hydrogen-bond donors (Lipinski definition) is 1. The van der Waals surface area contributed by atoms with Crippen molar-refractivity contribution in [3.63, 3.8) is 0 Å². The van der Waals surface area contributed by atoms with Crippen molar-refractivity contribution in [1.29, 1.82) is 10.5 Å². The van der Waals surface area contributed by atoms with Crippen LogP contribution in [0.2, 0.25) is 0 Å². The smallest absolute Gasteiger partial charge is 0.114 e. The number of nitriles is 2. The number of nitrogens with one attached hydrogen (secondary N) is 1. The van der Waals surface area contributed by atoms with Gasteiger partial charge < -0.3 is 5.32 Å². The number of fused-ring (bicyclic) bond motifs is 1. The van der Waals surface area contributed by atoms with Gasteiger partial charge in [-0.15, -0.1) is 5.10 Å². The summed E-state index contributed by atoms with van der Waals surface area (Å²) in [4.78, 5) is 1.66. The van der Waals surface area contributed by atoms with Crippen LogP contribution in [0.1, 0.15) is 30.0 Å². The molecule has 1 aliphatic rings. The number of nitrogens with zero attached hydrogens (tertiary/aromatic N) is 7. The second-order valence-corrected chi connectivity index (χ2v) is 8.43. The highest BCUT2D eigenvalue weighted by Crippen LogP contribution is 2.36. The molecule has 1 N–H and O–H groups in total. The molecule has 1 aliphatic heterocycles. The zero-order valence-corrected chi connectivity index (χ0v) is 17.4. The lowest BCUT2D eigenvalue weighted by Crippen LogP contribution is -2.31. The number of aromatic nitrogens is 5. The second-order valence-electron chi connectivity index (χ2n) is 7.35. The zero-order chi connectivity index (χ0) is 21.2. The summed E-state index contributed by atoms with van der Waals surface area (Å²) in [5.74, 6) is 0. The normalized spacial score (nSPS) is 16.1. The summed E-state index contributed by atoms with van der Waals surface area (Å²) in [5.41, 5.74) is 3.39. The van der Waals surface area contributed by atoms with E-state index in [1.807, 2.05) is 41.3 Å². The number of hydrogen-bond acceptors (Lipinski definition) is 7. The molecule has 1 fully saturated rings. The van der Waals surface area contributed by atoms with Crippen molar-refractivity contribution in [2.45, 2.75) is 28.7 Å². The molecular weight excluding hydrogens is 408 g/mol. The first kappa shape index (κ1) is 19.3. The fourth-order valence-corrected chi connectivity index (χ4v) is 4.89. The highest BCUT2D eigenvalue weighted by atomic mass is 32.2. The topological polar surface area (TPSA) is 108 Å². The summed E-state index contributed by atoms with van der Waals surface area (Å²) >= 11 is 1.45. The van der Waals surface area contributed by atoms with E-state index in [1.54, 1.807) is 16.8 Å². The van der Waals surface area contributed by atoms with Crippen molar-refractivity contribution in [3.05, 3.63) is 60.0 Å². The molecule has 1 atom stereocenters. The van der Waals surface area contributed by atoms with Gasteiger partial charge in [-0.1, -0.05) is 29.1 Å². The Hall–Kier alpha value is -3.66. The van der Waals surface area contributed by atoms with Crippen LogP contribution in [0.25, 0.3) is 16.8 Å². The summed E-state index contributed by atoms with van der Waals surface area (Å²) in [6.45, 7) is 1.93. The van der Waals surface area contributed by atoms with Crippen LogP contribution in [-0.2, 0) is 0 Å². The Morgan fingerprint density at radius 3 is 2.77 bits per heavy atom. The van der Waals surface area contributed by atoms with Crippen LogP contribution in [0.3, 0.4) is 0 Å². The van der Waals surface area contributed by atoms with E-state index in [2.05, 4.69) is 32.9 Å². The van der Waals surface area contributed by atoms with Gasteiger partial charge >= 0.3 is 0 Å². The average molecular weight is 427 g/mol. The minimum absolute atomic E-state index is 0.296. The van der Waals surface area contributed by atoms with Gasteiger partial charge in [0.05, 0.1) is 35.1 Å². The summed E-state index contributed by atoms with van der Waals surface area (Å²) in [7, 11) is 0. The summed E-state index contributed by atoms with van der Waals surface area (Å²) in [5, 5.41) is 35.5. The molecule has 0 aliphatic carbocycles. The van der Waals surface area contributed by atoms with Crippen molar-refractivity contribution >= 4 is 17.3 Å². The lowest BCUT2D eigenvalue weighted by atomic mass is 10.1. The van der Waals surface area contributed by atoms with E-state index < -0.39 is 0 Å². The summed E-state index contributed by atoms with van der Waals surface area (Å²) in [6, 6.07) is 14.2. The highest BCUT2D eigenvalue weighted by Gasteiger charge is 2.19. The van der Waals surface area contributed by atoms with Crippen LogP contribution in [0.15, 0.2) is 58.7 Å². The Morgan fingerprint density at radius 2 is 1.97 bits per heavy atom. The van der Waals surface area contributed by atoms with Crippen LogP contribution in [0, 0.1) is 22.7 Å². The van der Waals surface area contributed by atoms with Gasteiger partial charge in [0.25, 0.3) is 0 Å². The predicted octanol–water partition coefficient (Wildman–Crippen LogP) is 3.41. The largest absolute Gasteiger partial charge is 0.315 e. The van der Waals surface area contributed by atoms with E-state index in [0.29, 0.717) is 22.7 Å². The molecule has 0 unspecified atom stereocenters. The van der Waals surface area contributed by atoms with Gasteiger partial charge in [-0.25, -0.2) is 9.20 Å². The van der Waals surface area contributed by atoms with Crippen LogP contribution >= 0.6 is 11.8 Å². The minimum Gasteiger partial charge on any atom is -0.315 e. The van der Waals surface area contributed by atoms with Crippen LogP contribution < -0.4 is 5.32 Å². The third-order valence-corrected chi connectivity index (χ3v) is 6.48. The monoisotopic (exact) mass is 426 g/mol. The fourth-order valence-electron chi connectivity index (χ4n) is 3.80. The van der Waals surface area contributed by atoms with Gasteiger partial charge in [0.1, 0.15) is 17.8 Å². The molecule has 31 heavy (non-hydrogen) atoms. The molecule has 9 heteroatoms. The minimum atomic E-state index is 0.296. The van der Waals surface area contributed by atoms with Crippen LogP contribution in [0.4, 0.5) is 0 Å². The molecule has 0 radical (unpaired) electrons. The standard InChI is InChI=1S/C22H18N8S/c23-9-15-4-1-2-6-20(15)31-21-8-16(13-30-22(21)17(10-24)11-26-30)19-14-29(28-27-19)18-5-3-7-25-12-18/h1-2,4,6,8,11,13-14,18,25H,3,5,7,12H2/t18-/m0/s1. The molecule has 3 aromatic heterocycles. The quantitative estimate of drug-likeness (QED) is 0.533. The molecule has 1 aromatic carbocycles. The SMILES string of the molecule is N#Cc1ccccc1Sc1cc(-c2cn([C@H]3CCCNC3)nn2)cn2ncc(C#N)c12. The van der Waals surface area contributed by atoms with Crippen molar-refractivity contribution in [1.82, 2.24) is 29.9 Å². The first-order valence-electron chi connectivity index (χ1n) is 9.98. The Labute approximate surface area is 183 Å². The first-order chi connectivity index (χ1) is 15.3. The first-order valence-corrected chi connectivity index (χ1v) is 10.8. The van der Waals surface area contributed by atoms with Gasteiger partial charge in [-0.2, -0.15) is 15.6 Å². The third kappa shape index (κ3) is 3.66. The molecule has 8 nitrogen and oxygen atoms in total. The fraction of sp³-hybridized carbons (Fsp3) is 0.227. The van der Waals surface area contributed by atoms with E-state index in [-0.39, 0.29) is 0 Å². The third-order valence-electron chi connectivity index (χ3n) is 5.38. The molecular formula is C22H18N8S. The van der Waals surface area contributed by atoms with Gasteiger partial charge in [0, 0.05) is 28.1 Å². The van der Waals surface area contributed by atoms with Crippen molar-refractivity contribution in [2.75, 3.05) is 13.1 Å². The second kappa shape index (κ2) is 8.23. The van der Waals surface area contributed by atoms with Crippen LogP contribution in [-0.4, -0.2) is 37.7 Å². The van der Waals surface area contributed by atoms with Crippen molar-refractivity contribution in [3.8, 4) is 23.4 Å². The van der Waals surface area contributed by atoms with E-state index >= 15 is 0 Å². The molecule has 0 bridgehead atoms. The van der Waals surface area contributed by atoms with Crippen molar-refractivity contribution < 1.29 is 0 Å². The Morgan fingerprint density at radius 1 is 1.10 bits per heavy atom.